The van der Waals surface area contributed by atoms with Crippen molar-refractivity contribution in [2.75, 3.05) is 151 Å². The van der Waals surface area contributed by atoms with Crippen LogP contribution in [0.3, 0.4) is 0 Å². The van der Waals surface area contributed by atoms with Crippen molar-refractivity contribution in [1.82, 2.24) is 61.3 Å². The van der Waals surface area contributed by atoms with Crippen LogP contribution < -0.4 is 66.3 Å². The molecule has 6 aliphatic rings. The summed E-state index contributed by atoms with van der Waals surface area (Å²) in [6.45, 7) is 69.2. The van der Waals surface area contributed by atoms with Gasteiger partial charge in [0, 0.05) is 226 Å². The normalized spacial score (nSPS) is 26.1. The van der Waals surface area contributed by atoms with Crippen molar-refractivity contribution in [2.45, 2.75) is 239 Å². The third kappa shape index (κ3) is 29.7. The molecule has 78 heavy (non-hydrogen) atoms. The molecule has 0 spiro atoms. The molecule has 6 rings (SSSR count). The monoisotopic (exact) mass is 1110 g/mol. The lowest BCUT2D eigenvalue weighted by molar-refractivity contribution is 0.0438. The van der Waals surface area contributed by atoms with Crippen molar-refractivity contribution in [3.63, 3.8) is 0 Å². The Kier molecular flexibility index (Phi) is 34.3. The number of nitrogens with two attached hydrogens (primary N) is 6. The molecular formula is C60H138N18. The van der Waals surface area contributed by atoms with E-state index in [2.05, 4.69) is 200 Å². The molecule has 0 amide bonds. The van der Waals surface area contributed by atoms with Gasteiger partial charge in [0.2, 0.25) is 0 Å². The summed E-state index contributed by atoms with van der Waals surface area (Å²) < 4.78 is 0. The van der Waals surface area contributed by atoms with Crippen molar-refractivity contribution < 1.29 is 0 Å². The molecule has 18 nitrogen and oxygen atoms in total. The van der Waals surface area contributed by atoms with Gasteiger partial charge in [-0.1, -0.05) is 20.3 Å². The van der Waals surface area contributed by atoms with Crippen molar-refractivity contribution in [2.24, 2.45) is 34.4 Å². The zero-order chi connectivity index (χ0) is 59.8. The highest BCUT2D eigenvalue weighted by molar-refractivity contribution is 4.96. The Labute approximate surface area is 483 Å². The minimum Gasteiger partial charge on any atom is -0.328 e. The molecule has 0 aromatic rings. The van der Waals surface area contributed by atoms with Gasteiger partial charge in [-0.3, -0.25) is 29.4 Å². The highest BCUT2D eigenvalue weighted by atomic mass is 15.3. The van der Waals surface area contributed by atoms with Crippen molar-refractivity contribution in [3.05, 3.63) is 0 Å². The summed E-state index contributed by atoms with van der Waals surface area (Å²) in [7, 11) is 0. The Morgan fingerprint density at radius 2 is 0.756 bits per heavy atom. The van der Waals surface area contributed by atoms with Gasteiger partial charge in [0.1, 0.15) is 0 Å². The number of nitrogens with zero attached hydrogens (tertiary/aromatic N) is 6. The lowest BCUT2D eigenvalue weighted by atomic mass is 9.96. The largest absolute Gasteiger partial charge is 0.328 e. The molecule has 0 bridgehead atoms. The lowest BCUT2D eigenvalue weighted by Crippen LogP contribution is -2.63. The van der Waals surface area contributed by atoms with Crippen LogP contribution >= 0.6 is 0 Å². The molecule has 0 saturated carbocycles. The molecule has 0 radical (unpaired) electrons. The zero-order valence-corrected chi connectivity index (χ0v) is 55.2. The fraction of sp³-hybridized carbons (Fsp3) is 1.00. The second-order valence-electron chi connectivity index (χ2n) is 28.9. The minimum absolute atomic E-state index is 0.0887. The SMILES string of the molecule is CC(C)(N)CN1CCNCC1(C)C.CC(N)C(C)N1CCNCC1(C)C.CC(N)CCN1CCNCC1(C)C.CC(N)CN1CCNCC1(C)C.CCC(N)CN1CCNCC1(C)C.CCCC(N)CN1CCNCC1(C)C. The van der Waals surface area contributed by atoms with Gasteiger partial charge in [-0.25, -0.2) is 0 Å². The van der Waals surface area contributed by atoms with Crippen LogP contribution in [0.25, 0.3) is 0 Å². The Morgan fingerprint density at radius 1 is 0.423 bits per heavy atom. The van der Waals surface area contributed by atoms with Gasteiger partial charge in [0.25, 0.3) is 0 Å². The van der Waals surface area contributed by atoms with Crippen LogP contribution in [0.4, 0.5) is 0 Å². The maximum Gasteiger partial charge on any atom is 0.0281 e. The van der Waals surface area contributed by atoms with Crippen LogP contribution in [-0.2, 0) is 0 Å². The summed E-state index contributed by atoms with van der Waals surface area (Å²) in [6.07, 6.45) is 4.50. The van der Waals surface area contributed by atoms with E-state index >= 15 is 0 Å². The molecule has 18 heteroatoms. The van der Waals surface area contributed by atoms with E-state index in [4.69, 9.17) is 34.4 Å². The third-order valence-electron chi connectivity index (χ3n) is 17.0. The number of piperazine rings is 6. The van der Waals surface area contributed by atoms with E-state index in [0.717, 1.165) is 170 Å². The van der Waals surface area contributed by atoms with Crippen LogP contribution in [0.1, 0.15) is 164 Å². The molecule has 6 atom stereocenters. The number of hydrogen-bond acceptors (Lipinski definition) is 18. The Morgan fingerprint density at radius 3 is 1.06 bits per heavy atom. The molecule has 0 aromatic heterocycles. The molecule has 468 valence electrons. The maximum absolute atomic E-state index is 6.07. The Hall–Kier alpha value is -0.720. The fourth-order valence-electron chi connectivity index (χ4n) is 11.2. The van der Waals surface area contributed by atoms with Crippen LogP contribution in [0.5, 0.6) is 0 Å². The number of hydrogen-bond donors (Lipinski definition) is 12. The molecule has 6 aliphatic heterocycles. The first kappa shape index (κ1) is 75.3. The molecule has 18 N–H and O–H groups in total. The van der Waals surface area contributed by atoms with E-state index in [1.54, 1.807) is 0 Å². The van der Waals surface area contributed by atoms with Gasteiger partial charge in [-0.15, -0.1) is 0 Å². The summed E-state index contributed by atoms with van der Waals surface area (Å²) in [5.74, 6) is 0. The van der Waals surface area contributed by atoms with E-state index in [-0.39, 0.29) is 45.3 Å². The van der Waals surface area contributed by atoms with E-state index < -0.39 is 0 Å². The Bertz CT molecular complexity index is 1530. The highest BCUT2D eigenvalue weighted by Gasteiger charge is 2.36. The van der Waals surface area contributed by atoms with Crippen LogP contribution in [0, 0.1) is 0 Å². The quantitative estimate of drug-likeness (QED) is 0.106. The second kappa shape index (κ2) is 35.5. The predicted molar refractivity (Wildman–Crippen MR) is 341 cm³/mol. The first-order chi connectivity index (χ1) is 35.9. The Balaban J connectivity index is 0.000000468. The maximum atomic E-state index is 6.07. The van der Waals surface area contributed by atoms with Crippen LogP contribution in [0.15, 0.2) is 0 Å². The molecule has 6 saturated heterocycles. The number of rotatable bonds is 16. The van der Waals surface area contributed by atoms with Gasteiger partial charge >= 0.3 is 0 Å². The van der Waals surface area contributed by atoms with E-state index in [1.807, 2.05) is 0 Å². The first-order valence-electron chi connectivity index (χ1n) is 31.3. The van der Waals surface area contributed by atoms with E-state index in [1.165, 1.54) is 6.42 Å². The van der Waals surface area contributed by atoms with Gasteiger partial charge in [-0.05, 0) is 144 Å². The van der Waals surface area contributed by atoms with E-state index in [0.29, 0.717) is 29.7 Å². The average molecular weight is 1110 g/mol. The van der Waals surface area contributed by atoms with Crippen molar-refractivity contribution in [1.29, 1.82) is 0 Å². The van der Waals surface area contributed by atoms with Gasteiger partial charge in [0.15, 0.2) is 0 Å². The lowest BCUT2D eigenvalue weighted by Gasteiger charge is -2.47. The summed E-state index contributed by atoms with van der Waals surface area (Å²) in [5.41, 5.74) is 37.0. The average Bonchev–Trinajstić information content (AvgIpc) is 3.31. The summed E-state index contributed by atoms with van der Waals surface area (Å²) in [6, 6.07) is 2.00. The molecule has 6 unspecified atom stereocenters. The molecule has 6 fully saturated rings. The summed E-state index contributed by atoms with van der Waals surface area (Å²) >= 11 is 0. The second-order valence-corrected chi connectivity index (χ2v) is 28.9. The van der Waals surface area contributed by atoms with Gasteiger partial charge in [0.05, 0.1) is 0 Å². The van der Waals surface area contributed by atoms with Crippen molar-refractivity contribution >= 4 is 0 Å². The molecular weight excluding hydrogens is 973 g/mol. The third-order valence-corrected chi connectivity index (χ3v) is 17.0. The van der Waals surface area contributed by atoms with Gasteiger partial charge in [-0.2, -0.15) is 0 Å². The zero-order valence-electron chi connectivity index (χ0n) is 55.2. The van der Waals surface area contributed by atoms with Gasteiger partial charge < -0.3 is 66.3 Å². The minimum atomic E-state index is -0.0887. The predicted octanol–water partition coefficient (Wildman–Crippen LogP) is 2.44. The van der Waals surface area contributed by atoms with Crippen molar-refractivity contribution in [3.8, 4) is 0 Å². The van der Waals surface area contributed by atoms with Crippen LogP contribution in [-0.4, -0.2) is 255 Å². The summed E-state index contributed by atoms with van der Waals surface area (Å²) in [4.78, 5) is 15.0. The highest BCUT2D eigenvalue weighted by Crippen LogP contribution is 2.22. The molecule has 6 heterocycles. The standard InChI is InChI=1S/C11H25N3.4C10H23N3.C9H21N3/c1-4-5-10(12)8-14-7-6-13-9-11(14,2)3;1-9(2,11)8-13-6-5-12-7-10(13,3)4;1-8(11)9(2)13-6-5-12-7-10(13,3)4;1-9(11)4-6-13-7-5-12-8-10(13,2)3;1-4-9(11)7-13-6-5-12-8-10(13,2)3;1-8(10)6-12-5-4-11-7-9(12,2)3/h10,13H,4-9,12H2,1-3H3;12H,5-8,11H2,1-4H3;8-9,12H,5-7,11H2,1-4H3;2*9,12H,4-8,11H2,1-3H3;8,11H,4-7,10H2,1-3H3. The molecule has 0 aliphatic carbocycles. The molecule has 0 aromatic carbocycles. The smallest absolute Gasteiger partial charge is 0.0281 e. The summed E-state index contributed by atoms with van der Waals surface area (Å²) in [5, 5.41) is 20.5. The first-order valence-corrected chi connectivity index (χ1v) is 31.3. The van der Waals surface area contributed by atoms with E-state index in [9.17, 15) is 0 Å². The topological polar surface area (TPSA) is 248 Å². The fourth-order valence-corrected chi connectivity index (χ4v) is 11.2. The van der Waals surface area contributed by atoms with Crippen LogP contribution in [0.2, 0.25) is 0 Å². The number of nitrogens with one attached hydrogen (secondary N) is 6.